The lowest BCUT2D eigenvalue weighted by Gasteiger charge is -2.33. The summed E-state index contributed by atoms with van der Waals surface area (Å²) in [6, 6.07) is 13.6. The van der Waals surface area contributed by atoms with E-state index in [0.29, 0.717) is 29.0 Å². The van der Waals surface area contributed by atoms with Crippen LogP contribution in [-0.4, -0.2) is 28.4 Å². The molecule has 1 fully saturated rings. The third-order valence-electron chi connectivity index (χ3n) is 5.03. The molecule has 4 nitrogen and oxygen atoms in total. The van der Waals surface area contributed by atoms with Gasteiger partial charge in [-0.15, -0.1) is 0 Å². The summed E-state index contributed by atoms with van der Waals surface area (Å²) >= 11 is 6.00. The van der Waals surface area contributed by atoms with Crippen LogP contribution in [-0.2, 0) is 11.2 Å². The highest BCUT2D eigenvalue weighted by atomic mass is 35.5. The first-order valence-electron chi connectivity index (χ1n) is 9.05. The van der Waals surface area contributed by atoms with Gasteiger partial charge in [-0.25, -0.2) is 4.98 Å². The van der Waals surface area contributed by atoms with Crippen molar-refractivity contribution in [2.45, 2.75) is 38.6 Å². The van der Waals surface area contributed by atoms with E-state index in [9.17, 15) is 4.79 Å². The van der Waals surface area contributed by atoms with Crippen LogP contribution in [0.15, 0.2) is 46.9 Å². The number of hydrogen-bond donors (Lipinski definition) is 0. The molecular formula is C21H21ClN2O2. The second-order valence-corrected chi connectivity index (χ2v) is 7.37. The predicted molar refractivity (Wildman–Crippen MR) is 103 cm³/mol. The van der Waals surface area contributed by atoms with E-state index in [1.54, 1.807) is 12.1 Å². The molecule has 134 valence electrons. The second-order valence-electron chi connectivity index (χ2n) is 6.94. The Labute approximate surface area is 157 Å². The monoisotopic (exact) mass is 368 g/mol. The highest BCUT2D eigenvalue weighted by Gasteiger charge is 2.23. The van der Waals surface area contributed by atoms with Gasteiger partial charge in [-0.05, 0) is 62.1 Å². The maximum Gasteiger partial charge on any atom is 0.227 e. The molecule has 1 amide bonds. The molecule has 1 aliphatic heterocycles. The van der Waals surface area contributed by atoms with E-state index >= 15 is 0 Å². The number of halogens is 1. The highest BCUT2D eigenvalue weighted by molar-refractivity contribution is 6.31. The zero-order chi connectivity index (χ0) is 18.1. The number of amides is 1. The first-order chi connectivity index (χ1) is 12.6. The van der Waals surface area contributed by atoms with Gasteiger partial charge in [-0.3, -0.25) is 4.79 Å². The lowest BCUT2D eigenvalue weighted by atomic mass is 10.0. The van der Waals surface area contributed by atoms with Crippen molar-refractivity contribution < 1.29 is 9.21 Å². The van der Waals surface area contributed by atoms with Crippen LogP contribution in [0.4, 0.5) is 0 Å². The van der Waals surface area contributed by atoms with Crippen LogP contribution in [0.5, 0.6) is 0 Å². The average Bonchev–Trinajstić information content (AvgIpc) is 3.05. The Kier molecular flexibility index (Phi) is 4.68. The van der Waals surface area contributed by atoms with Gasteiger partial charge < -0.3 is 9.32 Å². The number of nitrogens with zero attached hydrogens (tertiary/aromatic N) is 2. The van der Waals surface area contributed by atoms with E-state index in [1.165, 1.54) is 6.42 Å². The molecule has 2 aromatic carbocycles. The third-order valence-corrected chi connectivity index (χ3v) is 5.26. The molecule has 0 radical (unpaired) electrons. The molecule has 0 saturated carbocycles. The van der Waals surface area contributed by atoms with Crippen LogP contribution in [0.25, 0.3) is 22.6 Å². The van der Waals surface area contributed by atoms with Crippen LogP contribution < -0.4 is 0 Å². The molecule has 3 aromatic rings. The predicted octanol–water partition coefficient (Wildman–Crippen LogP) is 5.09. The number of aromatic nitrogens is 1. The van der Waals surface area contributed by atoms with Crippen molar-refractivity contribution in [3.63, 3.8) is 0 Å². The van der Waals surface area contributed by atoms with E-state index in [4.69, 9.17) is 16.0 Å². The topological polar surface area (TPSA) is 46.3 Å². The van der Waals surface area contributed by atoms with E-state index in [-0.39, 0.29) is 5.91 Å². The van der Waals surface area contributed by atoms with Crippen molar-refractivity contribution in [3.8, 4) is 11.5 Å². The van der Waals surface area contributed by atoms with Crippen molar-refractivity contribution in [2.24, 2.45) is 0 Å². The fourth-order valence-corrected chi connectivity index (χ4v) is 3.70. The van der Waals surface area contributed by atoms with E-state index in [1.807, 2.05) is 35.2 Å². The summed E-state index contributed by atoms with van der Waals surface area (Å²) < 4.78 is 5.79. The number of fused-ring (bicyclic) bond motifs is 1. The van der Waals surface area contributed by atoms with Crippen molar-refractivity contribution in [3.05, 3.63) is 53.1 Å². The second kappa shape index (κ2) is 7.12. The van der Waals surface area contributed by atoms with Gasteiger partial charge in [0.1, 0.15) is 5.52 Å². The standard InChI is InChI=1S/C21H21ClN2O2/c1-14-4-2-3-11-24(14)20(25)12-15-5-7-16(8-6-15)21-23-18-13-17(22)9-10-19(18)26-21/h5-10,13-14H,2-4,11-12H2,1H3/t14-/m1/s1. The number of piperidine rings is 1. The van der Waals surface area contributed by atoms with Crippen LogP contribution in [0.2, 0.25) is 5.02 Å². The maximum atomic E-state index is 12.6. The summed E-state index contributed by atoms with van der Waals surface area (Å²) in [7, 11) is 0. The summed E-state index contributed by atoms with van der Waals surface area (Å²) in [5, 5.41) is 0.637. The summed E-state index contributed by atoms with van der Waals surface area (Å²) in [5.74, 6) is 0.770. The summed E-state index contributed by atoms with van der Waals surface area (Å²) in [4.78, 5) is 19.1. The van der Waals surface area contributed by atoms with Crippen LogP contribution >= 0.6 is 11.6 Å². The fraction of sp³-hybridized carbons (Fsp3) is 0.333. The first kappa shape index (κ1) is 17.1. The molecule has 4 rings (SSSR count). The zero-order valence-electron chi connectivity index (χ0n) is 14.7. The van der Waals surface area contributed by atoms with Crippen LogP contribution in [0.3, 0.4) is 0 Å². The Morgan fingerprint density at radius 3 is 2.81 bits per heavy atom. The van der Waals surface area contributed by atoms with E-state index in [2.05, 4.69) is 11.9 Å². The SMILES string of the molecule is C[C@@H]1CCCCN1C(=O)Cc1ccc(-c2nc3cc(Cl)ccc3o2)cc1. The minimum absolute atomic E-state index is 0.210. The van der Waals surface area contributed by atoms with Gasteiger partial charge in [0.25, 0.3) is 0 Å². The molecular weight excluding hydrogens is 348 g/mol. The van der Waals surface area contributed by atoms with Gasteiger partial charge in [0.05, 0.1) is 6.42 Å². The molecule has 1 aliphatic rings. The molecule has 0 spiro atoms. The van der Waals surface area contributed by atoms with Crippen molar-refractivity contribution in [2.75, 3.05) is 6.54 Å². The Bertz CT molecular complexity index is 933. The summed E-state index contributed by atoms with van der Waals surface area (Å²) in [5.41, 5.74) is 3.35. The number of oxazole rings is 1. The van der Waals surface area contributed by atoms with Gasteiger partial charge in [0, 0.05) is 23.2 Å². The Balaban J connectivity index is 1.49. The Hall–Kier alpha value is -2.33. The van der Waals surface area contributed by atoms with Crippen molar-refractivity contribution in [1.82, 2.24) is 9.88 Å². The molecule has 1 aromatic heterocycles. The molecule has 0 N–H and O–H groups in total. The lowest BCUT2D eigenvalue weighted by molar-refractivity contribution is -0.133. The number of rotatable bonds is 3. The Morgan fingerprint density at radius 1 is 1.23 bits per heavy atom. The highest BCUT2D eigenvalue weighted by Crippen LogP contribution is 2.26. The maximum absolute atomic E-state index is 12.6. The van der Waals surface area contributed by atoms with Crippen LogP contribution in [0.1, 0.15) is 31.7 Å². The molecule has 0 bridgehead atoms. The number of hydrogen-bond acceptors (Lipinski definition) is 3. The number of carbonyl (C=O) groups is 1. The minimum atomic E-state index is 0.210. The lowest BCUT2D eigenvalue weighted by Crippen LogP contribution is -2.42. The molecule has 0 unspecified atom stereocenters. The largest absolute Gasteiger partial charge is 0.436 e. The molecule has 1 saturated heterocycles. The van der Waals surface area contributed by atoms with Gasteiger partial charge in [-0.2, -0.15) is 0 Å². The number of likely N-dealkylation sites (tertiary alicyclic amines) is 1. The van der Waals surface area contributed by atoms with Crippen molar-refractivity contribution >= 4 is 28.6 Å². The molecule has 5 heteroatoms. The number of benzene rings is 2. The van der Waals surface area contributed by atoms with Gasteiger partial charge >= 0.3 is 0 Å². The van der Waals surface area contributed by atoms with Gasteiger partial charge in [0.2, 0.25) is 11.8 Å². The van der Waals surface area contributed by atoms with Crippen LogP contribution in [0, 0.1) is 0 Å². The fourth-order valence-electron chi connectivity index (χ4n) is 3.53. The quantitative estimate of drug-likeness (QED) is 0.646. The number of carbonyl (C=O) groups excluding carboxylic acids is 1. The van der Waals surface area contributed by atoms with Gasteiger partial charge in [-0.1, -0.05) is 23.7 Å². The van der Waals surface area contributed by atoms with Gasteiger partial charge in [0.15, 0.2) is 5.58 Å². The molecule has 26 heavy (non-hydrogen) atoms. The third kappa shape index (κ3) is 3.47. The van der Waals surface area contributed by atoms with E-state index < -0.39 is 0 Å². The first-order valence-corrected chi connectivity index (χ1v) is 9.43. The van der Waals surface area contributed by atoms with Crippen molar-refractivity contribution in [1.29, 1.82) is 0 Å². The molecule has 1 atom stereocenters. The molecule has 2 heterocycles. The smallest absolute Gasteiger partial charge is 0.227 e. The molecule has 0 aliphatic carbocycles. The summed E-state index contributed by atoms with van der Waals surface area (Å²) in [6.07, 6.45) is 3.87. The average molecular weight is 369 g/mol. The minimum Gasteiger partial charge on any atom is -0.436 e. The Morgan fingerprint density at radius 2 is 2.04 bits per heavy atom. The summed E-state index contributed by atoms with van der Waals surface area (Å²) in [6.45, 7) is 3.02. The normalized spacial score (nSPS) is 17.6. The van der Waals surface area contributed by atoms with E-state index in [0.717, 1.165) is 36.0 Å². The zero-order valence-corrected chi connectivity index (χ0v) is 15.5.